The summed E-state index contributed by atoms with van der Waals surface area (Å²) < 4.78 is 26.3. The number of nitrogens with one attached hydrogen (secondary N) is 1. The van der Waals surface area contributed by atoms with Crippen LogP contribution >= 0.6 is 0 Å². The van der Waals surface area contributed by atoms with Crippen molar-refractivity contribution in [1.29, 1.82) is 0 Å². The van der Waals surface area contributed by atoms with Gasteiger partial charge >= 0.3 is 0 Å². The van der Waals surface area contributed by atoms with Crippen LogP contribution in [0.1, 0.15) is 22.8 Å². The highest BCUT2D eigenvalue weighted by Gasteiger charge is 2.13. The fourth-order valence-electron chi connectivity index (χ4n) is 2.00. The molecule has 0 aromatic heterocycles. The van der Waals surface area contributed by atoms with Gasteiger partial charge in [0.2, 0.25) is 0 Å². The zero-order chi connectivity index (χ0) is 15.2. The van der Waals surface area contributed by atoms with Crippen molar-refractivity contribution in [2.45, 2.75) is 19.3 Å². The zero-order valence-electron chi connectivity index (χ0n) is 11.4. The van der Waals surface area contributed by atoms with Gasteiger partial charge in [0.1, 0.15) is 11.6 Å². The number of hydrogen-bond acceptors (Lipinski definition) is 3. The summed E-state index contributed by atoms with van der Waals surface area (Å²) in [5.74, 6) is -1.42. The maximum Gasteiger partial charge on any atom is 0.131 e. The molecule has 112 valence electrons. The van der Waals surface area contributed by atoms with Crippen molar-refractivity contribution in [1.82, 2.24) is 5.32 Å². The van der Waals surface area contributed by atoms with Gasteiger partial charge in [-0.3, -0.25) is 0 Å². The number of halogens is 2. The lowest BCUT2D eigenvalue weighted by molar-refractivity contribution is 0.169. The maximum atomic E-state index is 13.5. The van der Waals surface area contributed by atoms with E-state index in [0.717, 1.165) is 23.3 Å². The van der Waals surface area contributed by atoms with Gasteiger partial charge in [0, 0.05) is 24.7 Å². The number of aliphatic hydroxyl groups is 2. The van der Waals surface area contributed by atoms with E-state index in [0.29, 0.717) is 6.54 Å². The van der Waals surface area contributed by atoms with Gasteiger partial charge in [-0.2, -0.15) is 0 Å². The molecule has 5 heteroatoms. The summed E-state index contributed by atoms with van der Waals surface area (Å²) in [5.41, 5.74) is 1.88. The lowest BCUT2D eigenvalue weighted by atomic mass is 10.1. The summed E-state index contributed by atoms with van der Waals surface area (Å²) in [7, 11) is 0. The Balaban J connectivity index is 1.87. The fraction of sp³-hybridized carbons (Fsp3) is 0.250. The van der Waals surface area contributed by atoms with Crippen molar-refractivity contribution in [3.05, 3.63) is 70.8 Å². The smallest absolute Gasteiger partial charge is 0.131 e. The largest absolute Gasteiger partial charge is 0.392 e. The fourth-order valence-corrected chi connectivity index (χ4v) is 2.00. The minimum atomic E-state index is -1.04. The van der Waals surface area contributed by atoms with Crippen molar-refractivity contribution in [3.8, 4) is 0 Å². The van der Waals surface area contributed by atoms with E-state index < -0.39 is 17.7 Å². The lowest BCUT2D eigenvalue weighted by Gasteiger charge is -2.13. The molecule has 21 heavy (non-hydrogen) atoms. The summed E-state index contributed by atoms with van der Waals surface area (Å²) in [6.07, 6.45) is -1.04. The molecule has 3 N–H and O–H groups in total. The van der Waals surface area contributed by atoms with E-state index in [-0.39, 0.29) is 18.7 Å². The molecule has 2 aromatic rings. The Hall–Kier alpha value is -1.82. The van der Waals surface area contributed by atoms with Crippen LogP contribution in [0.25, 0.3) is 0 Å². The van der Waals surface area contributed by atoms with Crippen LogP contribution in [-0.2, 0) is 13.2 Å². The van der Waals surface area contributed by atoms with Crippen molar-refractivity contribution in [2.24, 2.45) is 0 Å². The average molecular weight is 293 g/mol. The summed E-state index contributed by atoms with van der Waals surface area (Å²) in [4.78, 5) is 0. The Labute approximate surface area is 121 Å². The first-order valence-electron chi connectivity index (χ1n) is 6.62. The topological polar surface area (TPSA) is 52.5 Å². The minimum Gasteiger partial charge on any atom is -0.392 e. The molecule has 0 radical (unpaired) electrons. The number of rotatable bonds is 6. The van der Waals surface area contributed by atoms with Crippen LogP contribution < -0.4 is 5.32 Å². The summed E-state index contributed by atoms with van der Waals surface area (Å²) in [5, 5.41) is 21.8. The first kappa shape index (κ1) is 15.6. The third-order valence-electron chi connectivity index (χ3n) is 3.19. The molecule has 2 aromatic carbocycles. The lowest BCUT2D eigenvalue weighted by Crippen LogP contribution is -2.21. The third-order valence-corrected chi connectivity index (χ3v) is 3.19. The second kappa shape index (κ2) is 7.26. The molecule has 0 fully saturated rings. The highest BCUT2D eigenvalue weighted by molar-refractivity contribution is 5.23. The van der Waals surface area contributed by atoms with Crippen LogP contribution in [0.2, 0.25) is 0 Å². The Morgan fingerprint density at radius 2 is 1.67 bits per heavy atom. The van der Waals surface area contributed by atoms with E-state index in [1.54, 1.807) is 0 Å². The van der Waals surface area contributed by atoms with Crippen LogP contribution in [-0.4, -0.2) is 16.8 Å². The van der Waals surface area contributed by atoms with Crippen molar-refractivity contribution >= 4 is 0 Å². The molecular weight excluding hydrogens is 276 g/mol. The summed E-state index contributed by atoms with van der Waals surface area (Å²) >= 11 is 0. The van der Waals surface area contributed by atoms with Gasteiger partial charge in [-0.1, -0.05) is 30.3 Å². The molecule has 1 unspecified atom stereocenters. The Morgan fingerprint density at radius 3 is 2.29 bits per heavy atom. The highest BCUT2D eigenvalue weighted by atomic mass is 19.1. The summed E-state index contributed by atoms with van der Waals surface area (Å²) in [6.45, 7) is 0.659. The van der Waals surface area contributed by atoms with Crippen LogP contribution in [0.4, 0.5) is 8.78 Å². The third kappa shape index (κ3) is 4.32. The molecular formula is C16H17F2NO2. The average Bonchev–Trinajstić information content (AvgIpc) is 2.47. The predicted octanol–water partition coefficient (Wildman–Crippen LogP) is 2.28. The first-order chi connectivity index (χ1) is 10.1. The van der Waals surface area contributed by atoms with Gasteiger partial charge in [-0.25, -0.2) is 8.78 Å². The van der Waals surface area contributed by atoms with Crippen LogP contribution in [0.3, 0.4) is 0 Å². The number of benzene rings is 2. The van der Waals surface area contributed by atoms with E-state index in [1.807, 2.05) is 24.3 Å². The first-order valence-corrected chi connectivity index (χ1v) is 6.62. The van der Waals surface area contributed by atoms with E-state index in [9.17, 15) is 13.9 Å². The second-order valence-corrected chi connectivity index (χ2v) is 4.79. The molecule has 0 aliphatic heterocycles. The molecule has 0 amide bonds. The normalized spacial score (nSPS) is 12.4. The van der Waals surface area contributed by atoms with Crippen LogP contribution in [0, 0.1) is 11.6 Å². The van der Waals surface area contributed by atoms with Crippen molar-refractivity contribution in [3.63, 3.8) is 0 Å². The Bertz CT molecular complexity index is 587. The molecule has 0 saturated carbocycles. The molecule has 0 bridgehead atoms. The Kier molecular flexibility index (Phi) is 5.38. The van der Waals surface area contributed by atoms with Gasteiger partial charge < -0.3 is 15.5 Å². The predicted molar refractivity (Wildman–Crippen MR) is 75.4 cm³/mol. The molecule has 1 atom stereocenters. The van der Waals surface area contributed by atoms with Crippen molar-refractivity contribution in [2.75, 3.05) is 6.54 Å². The SMILES string of the molecule is OCc1ccc(CNCC(O)c2ccc(F)cc2F)cc1. The van der Waals surface area contributed by atoms with Gasteiger partial charge in [-0.15, -0.1) is 0 Å². The molecule has 0 heterocycles. The molecule has 3 nitrogen and oxygen atoms in total. The van der Waals surface area contributed by atoms with Crippen LogP contribution in [0.5, 0.6) is 0 Å². The van der Waals surface area contributed by atoms with E-state index in [1.165, 1.54) is 6.07 Å². The zero-order valence-corrected chi connectivity index (χ0v) is 11.4. The quantitative estimate of drug-likeness (QED) is 0.766. The number of hydrogen-bond donors (Lipinski definition) is 3. The minimum absolute atomic E-state index is 0.00370. The van der Waals surface area contributed by atoms with Gasteiger partial charge in [-0.05, 0) is 17.2 Å². The highest BCUT2D eigenvalue weighted by Crippen LogP contribution is 2.17. The summed E-state index contributed by atoms with van der Waals surface area (Å²) in [6, 6.07) is 10.5. The van der Waals surface area contributed by atoms with Crippen LogP contribution in [0.15, 0.2) is 42.5 Å². The van der Waals surface area contributed by atoms with Gasteiger partial charge in [0.15, 0.2) is 0 Å². The van der Waals surface area contributed by atoms with Crippen molar-refractivity contribution < 1.29 is 19.0 Å². The molecule has 2 rings (SSSR count). The molecule has 0 aliphatic carbocycles. The maximum absolute atomic E-state index is 13.5. The van der Waals surface area contributed by atoms with E-state index in [4.69, 9.17) is 5.11 Å². The monoisotopic (exact) mass is 293 g/mol. The standard InChI is InChI=1S/C16H17F2NO2/c17-13-5-6-14(15(18)7-13)16(21)9-19-8-11-1-3-12(10-20)4-2-11/h1-7,16,19-21H,8-10H2. The molecule has 0 aliphatic rings. The Morgan fingerprint density at radius 1 is 1.00 bits per heavy atom. The van der Waals surface area contributed by atoms with E-state index in [2.05, 4.69) is 5.32 Å². The second-order valence-electron chi connectivity index (χ2n) is 4.79. The van der Waals surface area contributed by atoms with E-state index >= 15 is 0 Å². The van der Waals surface area contributed by atoms with Gasteiger partial charge in [0.25, 0.3) is 0 Å². The van der Waals surface area contributed by atoms with Gasteiger partial charge in [0.05, 0.1) is 12.7 Å². The molecule has 0 spiro atoms. The molecule has 0 saturated heterocycles. The number of aliphatic hydroxyl groups excluding tert-OH is 2.